The van der Waals surface area contributed by atoms with E-state index in [1.165, 1.54) is 0 Å². The molecule has 0 aliphatic heterocycles. The largest absolute Gasteiger partial charge is 0.477 e. The van der Waals surface area contributed by atoms with Gasteiger partial charge in [-0.15, -0.1) is 0 Å². The number of aliphatic hydroxyl groups is 2. The van der Waals surface area contributed by atoms with Crippen molar-refractivity contribution in [1.82, 2.24) is 0 Å². The minimum atomic E-state index is -2.39. The van der Waals surface area contributed by atoms with Crippen molar-refractivity contribution in [1.29, 1.82) is 0 Å². The van der Waals surface area contributed by atoms with Crippen molar-refractivity contribution in [2.24, 2.45) is 0 Å². The van der Waals surface area contributed by atoms with Crippen LogP contribution < -0.4 is 0 Å². The predicted octanol–water partition coefficient (Wildman–Crippen LogP) is 1.62. The van der Waals surface area contributed by atoms with Gasteiger partial charge in [0.05, 0.1) is 11.7 Å². The Morgan fingerprint density at radius 2 is 1.50 bits per heavy atom. The summed E-state index contributed by atoms with van der Waals surface area (Å²) in [7, 11) is 0. The minimum Gasteiger partial charge on any atom is -0.477 e. The van der Waals surface area contributed by atoms with Crippen molar-refractivity contribution in [3.63, 3.8) is 0 Å². The molecule has 1 aromatic carbocycles. The van der Waals surface area contributed by atoms with E-state index in [2.05, 4.69) is 0 Å². The van der Waals surface area contributed by atoms with Gasteiger partial charge < -0.3 is 15.3 Å². The van der Waals surface area contributed by atoms with E-state index in [1.807, 2.05) is 0 Å². The molecule has 5 nitrogen and oxygen atoms in total. The first-order valence-corrected chi connectivity index (χ1v) is 6.66. The van der Waals surface area contributed by atoms with Gasteiger partial charge in [-0.2, -0.15) is 0 Å². The van der Waals surface area contributed by atoms with Crippen molar-refractivity contribution >= 4 is 22.8 Å². The molecule has 0 bridgehead atoms. The second kappa shape index (κ2) is 7.07. The fraction of sp³-hybridized carbons (Fsp3) is 0.333. The summed E-state index contributed by atoms with van der Waals surface area (Å²) in [6, 6.07) is 0. The molecular weight excluding hydrogens is 332 g/mol. The summed E-state index contributed by atoms with van der Waals surface area (Å²) < 4.78 is 54.3. The first-order chi connectivity index (χ1) is 10.1. The van der Waals surface area contributed by atoms with Gasteiger partial charge in [0, 0.05) is 12.7 Å². The van der Waals surface area contributed by atoms with E-state index in [4.69, 9.17) is 5.11 Å². The van der Waals surface area contributed by atoms with Gasteiger partial charge in [-0.1, -0.05) is 11.8 Å². The highest BCUT2D eigenvalue weighted by Crippen LogP contribution is 2.31. The van der Waals surface area contributed by atoms with Crippen LogP contribution in [0.1, 0.15) is 28.9 Å². The molecule has 0 aliphatic carbocycles. The summed E-state index contributed by atoms with van der Waals surface area (Å²) in [5.74, 6) is -11.4. The van der Waals surface area contributed by atoms with Gasteiger partial charge in [-0.3, -0.25) is 4.79 Å². The van der Waals surface area contributed by atoms with Crippen LogP contribution in [0.25, 0.3) is 0 Å². The van der Waals surface area contributed by atoms with E-state index in [0.29, 0.717) is 11.8 Å². The van der Waals surface area contributed by atoms with Crippen LogP contribution in [0.3, 0.4) is 0 Å². The van der Waals surface area contributed by atoms with Gasteiger partial charge >= 0.3 is 5.97 Å². The number of rotatable bonds is 5. The summed E-state index contributed by atoms with van der Waals surface area (Å²) in [5, 5.41) is 27.2. The fourth-order valence-electron chi connectivity index (χ4n) is 1.58. The summed E-state index contributed by atoms with van der Waals surface area (Å²) >= 11 is 0.515. The van der Waals surface area contributed by atoms with Crippen molar-refractivity contribution in [3.05, 3.63) is 34.4 Å². The minimum absolute atomic E-state index is 0.467. The quantitative estimate of drug-likeness (QED) is 0.556. The Bertz CT molecular complexity index is 593. The van der Waals surface area contributed by atoms with E-state index >= 15 is 0 Å². The molecule has 1 rings (SSSR count). The van der Waals surface area contributed by atoms with Crippen LogP contribution in [-0.4, -0.2) is 38.3 Å². The Kier molecular flexibility index (Phi) is 5.92. The monoisotopic (exact) mass is 342 g/mol. The third kappa shape index (κ3) is 3.57. The maximum atomic E-state index is 13.7. The summed E-state index contributed by atoms with van der Waals surface area (Å²) in [4.78, 5) is 21.3. The Labute approximate surface area is 125 Å². The number of hydrogen-bond acceptors (Lipinski definition) is 5. The van der Waals surface area contributed by atoms with E-state index in [-0.39, 0.29) is 0 Å². The molecule has 2 unspecified atom stereocenters. The standard InChI is InChI=1S/C12H10F4O5S/c1-3(17)22-2-4(18)11(19)5-7(13)9(15)6(12(20)21)10(16)8(5)14/h4,11,18-19H,2H2,1H3,(H,20,21). The number of benzene rings is 1. The Hall–Kier alpha value is -1.65. The number of thioether (sulfide) groups is 1. The van der Waals surface area contributed by atoms with Crippen LogP contribution >= 0.6 is 11.8 Å². The lowest BCUT2D eigenvalue weighted by atomic mass is 10.0. The van der Waals surface area contributed by atoms with Crippen LogP contribution in [-0.2, 0) is 4.79 Å². The lowest BCUT2D eigenvalue weighted by Crippen LogP contribution is -2.25. The summed E-state index contributed by atoms with van der Waals surface area (Å²) in [6.07, 6.45) is -4.30. The number of halogens is 4. The Balaban J connectivity index is 3.31. The molecule has 0 spiro atoms. The lowest BCUT2D eigenvalue weighted by molar-refractivity contribution is -0.109. The highest BCUT2D eigenvalue weighted by atomic mass is 32.2. The van der Waals surface area contributed by atoms with Gasteiger partial charge in [-0.05, 0) is 0 Å². The molecule has 0 saturated heterocycles. The molecule has 10 heteroatoms. The number of aliphatic hydroxyl groups excluding tert-OH is 2. The maximum Gasteiger partial charge on any atom is 0.341 e. The molecular formula is C12H10F4O5S. The molecule has 0 aliphatic rings. The van der Waals surface area contributed by atoms with Gasteiger partial charge in [0.2, 0.25) is 0 Å². The van der Waals surface area contributed by atoms with E-state index < -0.39 is 63.4 Å². The van der Waals surface area contributed by atoms with Gasteiger partial charge in [0.25, 0.3) is 0 Å². The molecule has 22 heavy (non-hydrogen) atoms. The zero-order valence-electron chi connectivity index (χ0n) is 10.9. The third-order valence-corrected chi connectivity index (χ3v) is 3.54. The second-order valence-corrected chi connectivity index (χ2v) is 5.36. The van der Waals surface area contributed by atoms with Crippen LogP contribution in [0, 0.1) is 23.3 Å². The highest BCUT2D eigenvalue weighted by Gasteiger charge is 2.34. The van der Waals surface area contributed by atoms with Crippen molar-refractivity contribution in [2.75, 3.05) is 5.75 Å². The SMILES string of the molecule is CC(=O)SCC(O)C(O)c1c(F)c(F)c(C(=O)O)c(F)c1F. The van der Waals surface area contributed by atoms with Crippen molar-refractivity contribution < 1.29 is 42.5 Å². The molecule has 2 atom stereocenters. The van der Waals surface area contributed by atoms with Gasteiger partial charge in [0.1, 0.15) is 11.7 Å². The number of carboxylic acids is 1. The first kappa shape index (κ1) is 18.4. The predicted molar refractivity (Wildman–Crippen MR) is 67.3 cm³/mol. The number of hydrogen-bond donors (Lipinski definition) is 3. The zero-order chi connectivity index (χ0) is 17.2. The second-order valence-electron chi connectivity index (χ2n) is 4.16. The van der Waals surface area contributed by atoms with Crippen LogP contribution in [0.4, 0.5) is 17.6 Å². The number of carboxylic acid groups (broad SMARTS) is 1. The number of aromatic carboxylic acids is 1. The highest BCUT2D eigenvalue weighted by molar-refractivity contribution is 8.13. The van der Waals surface area contributed by atoms with Crippen LogP contribution in [0.15, 0.2) is 0 Å². The topological polar surface area (TPSA) is 94.8 Å². The molecule has 0 amide bonds. The van der Waals surface area contributed by atoms with E-state index in [9.17, 15) is 37.4 Å². The first-order valence-electron chi connectivity index (χ1n) is 5.68. The van der Waals surface area contributed by atoms with E-state index in [1.54, 1.807) is 0 Å². The molecule has 3 N–H and O–H groups in total. The maximum absolute atomic E-state index is 13.7. The Morgan fingerprint density at radius 3 is 1.86 bits per heavy atom. The average Bonchev–Trinajstić information content (AvgIpc) is 2.42. The smallest absolute Gasteiger partial charge is 0.341 e. The average molecular weight is 342 g/mol. The molecule has 122 valence electrons. The normalized spacial score (nSPS) is 13.8. The van der Waals surface area contributed by atoms with E-state index in [0.717, 1.165) is 6.92 Å². The lowest BCUT2D eigenvalue weighted by Gasteiger charge is -2.19. The van der Waals surface area contributed by atoms with Gasteiger partial charge in [0.15, 0.2) is 28.4 Å². The molecule has 0 heterocycles. The molecule has 0 aromatic heterocycles. The fourth-order valence-corrected chi connectivity index (χ4v) is 2.17. The third-order valence-electron chi connectivity index (χ3n) is 2.63. The Morgan fingerprint density at radius 1 is 1.05 bits per heavy atom. The van der Waals surface area contributed by atoms with Crippen LogP contribution in [0.2, 0.25) is 0 Å². The summed E-state index contributed by atoms with van der Waals surface area (Å²) in [6.45, 7) is 1.13. The molecule has 0 fully saturated rings. The molecule has 0 saturated carbocycles. The van der Waals surface area contributed by atoms with Crippen molar-refractivity contribution in [3.8, 4) is 0 Å². The number of carbonyl (C=O) groups excluding carboxylic acids is 1. The van der Waals surface area contributed by atoms with Crippen molar-refractivity contribution in [2.45, 2.75) is 19.1 Å². The number of carbonyl (C=O) groups is 2. The van der Waals surface area contributed by atoms with Gasteiger partial charge in [-0.25, -0.2) is 22.4 Å². The molecule has 0 radical (unpaired) electrons. The molecule has 1 aromatic rings. The van der Waals surface area contributed by atoms with Crippen LogP contribution in [0.5, 0.6) is 0 Å². The summed E-state index contributed by atoms with van der Waals surface area (Å²) in [5.41, 5.74) is -3.39. The zero-order valence-corrected chi connectivity index (χ0v) is 11.8.